The Labute approximate surface area is 621 Å². The second-order valence-electron chi connectivity index (χ2n) is 31.4. The molecular formula is C83H161NO18. The zero-order valence-electron chi connectivity index (χ0n) is 65.1. The first-order chi connectivity index (χ1) is 49.8. The lowest BCUT2D eigenvalue weighted by molar-refractivity contribution is -0.379. The van der Waals surface area contributed by atoms with Gasteiger partial charge < -0.3 is 89.9 Å². The molecule has 3 rings (SSSR count). The summed E-state index contributed by atoms with van der Waals surface area (Å²) in [7, 11) is 0. The van der Waals surface area contributed by atoms with Gasteiger partial charge in [0.25, 0.3) is 0 Å². The fourth-order valence-corrected chi connectivity index (χ4v) is 15.3. The molecule has 3 fully saturated rings. The van der Waals surface area contributed by atoms with Gasteiger partial charge in [-0.1, -0.05) is 373 Å². The second kappa shape index (κ2) is 64.6. The molecule has 0 aromatic carbocycles. The summed E-state index contributed by atoms with van der Waals surface area (Å²) in [6.07, 6.45) is 49.4. The maximum absolute atomic E-state index is 13.5. The normalized spacial score (nSPS) is 26.1. The van der Waals surface area contributed by atoms with Gasteiger partial charge in [-0.05, 0) is 12.8 Å². The molecule has 0 aliphatic carbocycles. The molecule has 1 amide bonds. The van der Waals surface area contributed by atoms with Crippen molar-refractivity contribution in [3.8, 4) is 0 Å². The van der Waals surface area contributed by atoms with Crippen LogP contribution in [0.2, 0.25) is 0 Å². The summed E-state index contributed by atoms with van der Waals surface area (Å²) in [6.45, 7) is 1.88. The van der Waals surface area contributed by atoms with Crippen molar-refractivity contribution in [2.75, 3.05) is 26.4 Å². The lowest BCUT2D eigenvalue weighted by atomic mass is 9.96. The zero-order chi connectivity index (χ0) is 73.9. The van der Waals surface area contributed by atoms with E-state index in [0.29, 0.717) is 12.8 Å². The third-order valence-corrected chi connectivity index (χ3v) is 22.2. The van der Waals surface area contributed by atoms with Crippen LogP contribution in [0.4, 0.5) is 0 Å². The van der Waals surface area contributed by atoms with Crippen LogP contribution < -0.4 is 5.32 Å². The minimum absolute atomic E-state index is 0.232. The highest BCUT2D eigenvalue weighted by atomic mass is 16.8. The van der Waals surface area contributed by atoms with Gasteiger partial charge in [0.15, 0.2) is 18.9 Å². The van der Waals surface area contributed by atoms with Crippen LogP contribution in [0, 0.1) is 0 Å². The molecule has 0 aromatic heterocycles. The fraction of sp³-hybridized carbons (Fsp3) is 0.988. The molecule has 19 nitrogen and oxygen atoms in total. The van der Waals surface area contributed by atoms with Crippen LogP contribution in [0.5, 0.6) is 0 Å². The number of carbonyl (C=O) groups is 1. The molecule has 19 heteroatoms. The number of hydrogen-bond donors (Lipinski definition) is 12. The van der Waals surface area contributed by atoms with Crippen LogP contribution in [-0.4, -0.2) is 193 Å². The van der Waals surface area contributed by atoms with Crippen molar-refractivity contribution in [1.29, 1.82) is 0 Å². The average Bonchev–Trinajstić information content (AvgIpc) is 0.784. The highest BCUT2D eigenvalue weighted by Crippen LogP contribution is 2.34. The first kappa shape index (κ1) is 95.0. The monoisotopic (exact) mass is 1460 g/mol. The van der Waals surface area contributed by atoms with Crippen LogP contribution in [0.25, 0.3) is 0 Å². The van der Waals surface area contributed by atoms with Crippen LogP contribution in [0.15, 0.2) is 0 Å². The Bertz CT molecular complexity index is 1840. The molecule has 0 radical (unpaired) electrons. The number of ether oxygens (including phenoxy) is 6. The lowest BCUT2D eigenvalue weighted by Crippen LogP contribution is -2.66. The highest BCUT2D eigenvalue weighted by molar-refractivity contribution is 5.76. The van der Waals surface area contributed by atoms with E-state index in [4.69, 9.17) is 28.4 Å². The van der Waals surface area contributed by atoms with Gasteiger partial charge in [-0.3, -0.25) is 4.79 Å². The van der Waals surface area contributed by atoms with Gasteiger partial charge in [0.05, 0.1) is 38.6 Å². The molecule has 3 saturated heterocycles. The zero-order valence-corrected chi connectivity index (χ0v) is 65.1. The second-order valence-corrected chi connectivity index (χ2v) is 31.4. The number of aliphatic hydroxyl groups is 11. The van der Waals surface area contributed by atoms with Crippen LogP contribution in [0.3, 0.4) is 0 Å². The molecule has 12 N–H and O–H groups in total. The van der Waals surface area contributed by atoms with Crippen molar-refractivity contribution in [2.45, 2.75) is 497 Å². The fourth-order valence-electron chi connectivity index (χ4n) is 15.3. The number of hydrogen-bond acceptors (Lipinski definition) is 18. The predicted octanol–water partition coefficient (Wildman–Crippen LogP) is 15.4. The van der Waals surface area contributed by atoms with Crippen LogP contribution in [-0.2, 0) is 33.2 Å². The highest BCUT2D eigenvalue weighted by Gasteiger charge is 2.54. The average molecular weight is 1460 g/mol. The standard InChI is InChI=1S/C83H161NO18/c1-3-5-7-9-11-13-15-17-19-21-23-24-25-26-27-28-29-30-31-32-33-34-35-36-37-38-39-40-41-43-45-47-49-51-53-55-57-59-61-71(89)84-66(67(88)60-58-56-54-52-50-48-46-44-42-22-20-18-16-14-12-10-8-6-4-2)65-97-81-77(95)74(92)79(69(63-86)99-81)102-83-78(96)75(93)80(70(64-87)100-83)101-82-76(94)73(91)72(90)68(62-85)98-82/h66-70,72-83,85-88,90-96H,3-65H2,1-2H3,(H,84,89). The Morgan fingerprint density at radius 2 is 0.559 bits per heavy atom. The SMILES string of the molecule is CCCCCCCCCCCCCCCCCCCCCCCCCCCCCCCCCCCCCCCCC(=O)NC(COC1OC(CO)C(OC2OC(CO)C(OC3OC(CO)C(O)C(O)C3O)C(O)C2O)C(O)C1O)C(O)CCCCCCCCCCCCCCCCCCCCC. The number of unbranched alkanes of at least 4 members (excludes halogenated alkanes) is 55. The van der Waals surface area contributed by atoms with E-state index in [-0.39, 0.29) is 18.9 Å². The quantitative estimate of drug-likeness (QED) is 0.0252. The minimum Gasteiger partial charge on any atom is -0.394 e. The summed E-state index contributed by atoms with van der Waals surface area (Å²) in [6, 6.07) is -0.883. The molecule has 17 unspecified atom stereocenters. The van der Waals surface area contributed by atoms with E-state index in [2.05, 4.69) is 19.2 Å². The molecule has 0 saturated carbocycles. The predicted molar refractivity (Wildman–Crippen MR) is 407 cm³/mol. The van der Waals surface area contributed by atoms with Gasteiger partial charge in [-0.15, -0.1) is 0 Å². The van der Waals surface area contributed by atoms with Gasteiger partial charge in [-0.25, -0.2) is 0 Å². The summed E-state index contributed by atoms with van der Waals surface area (Å²) >= 11 is 0. The summed E-state index contributed by atoms with van der Waals surface area (Å²) in [5, 5.41) is 121. The first-order valence-electron chi connectivity index (χ1n) is 43.3. The summed E-state index contributed by atoms with van der Waals surface area (Å²) in [5.41, 5.74) is 0. The van der Waals surface area contributed by atoms with Crippen molar-refractivity contribution in [2.24, 2.45) is 0 Å². The van der Waals surface area contributed by atoms with Gasteiger partial charge in [0, 0.05) is 6.42 Å². The van der Waals surface area contributed by atoms with E-state index in [1.165, 1.54) is 315 Å². The summed E-state index contributed by atoms with van der Waals surface area (Å²) in [4.78, 5) is 13.5. The van der Waals surface area contributed by atoms with E-state index >= 15 is 0 Å². The Morgan fingerprint density at radius 1 is 0.314 bits per heavy atom. The molecule has 3 aliphatic rings. The van der Waals surface area contributed by atoms with E-state index < -0.39 is 124 Å². The van der Waals surface area contributed by atoms with E-state index in [1.807, 2.05) is 0 Å². The van der Waals surface area contributed by atoms with Crippen molar-refractivity contribution >= 4 is 5.91 Å². The molecular weight excluding hydrogens is 1300 g/mol. The molecule has 0 spiro atoms. The molecule has 3 heterocycles. The smallest absolute Gasteiger partial charge is 0.220 e. The maximum Gasteiger partial charge on any atom is 0.220 e. The first-order valence-corrected chi connectivity index (χ1v) is 43.3. The largest absolute Gasteiger partial charge is 0.394 e. The molecule has 17 atom stereocenters. The van der Waals surface area contributed by atoms with Crippen molar-refractivity contribution in [1.82, 2.24) is 5.32 Å². The molecule has 0 bridgehead atoms. The van der Waals surface area contributed by atoms with Gasteiger partial charge in [-0.2, -0.15) is 0 Å². The topological polar surface area (TPSA) is 307 Å². The number of rotatable bonds is 71. The van der Waals surface area contributed by atoms with Crippen molar-refractivity contribution in [3.05, 3.63) is 0 Å². The van der Waals surface area contributed by atoms with Crippen molar-refractivity contribution in [3.63, 3.8) is 0 Å². The Balaban J connectivity index is 1.29. The Morgan fingerprint density at radius 3 is 0.853 bits per heavy atom. The lowest BCUT2D eigenvalue weighted by Gasteiger charge is -2.48. The third kappa shape index (κ3) is 43.8. The Kier molecular flexibility index (Phi) is 60.2. The molecule has 102 heavy (non-hydrogen) atoms. The van der Waals surface area contributed by atoms with Crippen LogP contribution in [0.1, 0.15) is 393 Å². The molecule has 3 aliphatic heterocycles. The van der Waals surface area contributed by atoms with Gasteiger partial charge >= 0.3 is 0 Å². The molecule has 606 valence electrons. The van der Waals surface area contributed by atoms with Gasteiger partial charge in [0.2, 0.25) is 5.91 Å². The summed E-state index contributed by atoms with van der Waals surface area (Å²) in [5.74, 6) is -0.232. The van der Waals surface area contributed by atoms with Gasteiger partial charge in [0.1, 0.15) is 73.2 Å². The third-order valence-electron chi connectivity index (χ3n) is 22.2. The Hall–Kier alpha value is -1.21. The number of nitrogens with one attached hydrogen (secondary N) is 1. The van der Waals surface area contributed by atoms with Crippen molar-refractivity contribution < 1.29 is 89.4 Å². The van der Waals surface area contributed by atoms with E-state index in [0.717, 1.165) is 44.9 Å². The van der Waals surface area contributed by atoms with E-state index in [1.54, 1.807) is 0 Å². The minimum atomic E-state index is -1.97. The van der Waals surface area contributed by atoms with Crippen LogP contribution >= 0.6 is 0 Å². The molecule has 0 aromatic rings. The maximum atomic E-state index is 13.5. The number of aliphatic hydroxyl groups excluding tert-OH is 11. The number of carbonyl (C=O) groups excluding carboxylic acids is 1. The summed E-state index contributed by atoms with van der Waals surface area (Å²) < 4.78 is 34.5. The number of amides is 1. The van der Waals surface area contributed by atoms with E-state index in [9.17, 15) is 61.0 Å².